The number of fused-ring (bicyclic) bond motifs is 1. The molecular weight excluding hydrogens is 341 g/mol. The molecule has 4 rings (SSSR count). The molecule has 1 saturated heterocycles. The molecule has 0 aliphatic carbocycles. The van der Waals surface area contributed by atoms with E-state index in [0.29, 0.717) is 22.6 Å². The number of likely N-dealkylation sites (tertiary alicyclic amines) is 1. The number of rotatable bonds is 3. The highest BCUT2D eigenvalue weighted by Gasteiger charge is 2.40. The van der Waals surface area contributed by atoms with Gasteiger partial charge in [0.05, 0.1) is 5.92 Å². The Morgan fingerprint density at radius 2 is 1.77 bits per heavy atom. The molecule has 0 unspecified atom stereocenters. The van der Waals surface area contributed by atoms with Gasteiger partial charge in [0.25, 0.3) is 5.91 Å². The zero-order valence-corrected chi connectivity index (χ0v) is 13.7. The van der Waals surface area contributed by atoms with Gasteiger partial charge < -0.3 is 19.5 Å². The molecule has 134 valence electrons. The van der Waals surface area contributed by atoms with Crippen LogP contribution in [0.3, 0.4) is 0 Å². The molecule has 0 saturated carbocycles. The Balaban J connectivity index is 1.58. The number of benzene rings is 2. The van der Waals surface area contributed by atoms with Crippen LogP contribution in [0.15, 0.2) is 42.5 Å². The maximum absolute atomic E-state index is 13.2. The van der Waals surface area contributed by atoms with Crippen molar-refractivity contribution in [1.29, 1.82) is 0 Å². The average Bonchev–Trinajstić information content (AvgIpc) is 3.28. The smallest absolute Gasteiger partial charge is 0.308 e. The van der Waals surface area contributed by atoms with Gasteiger partial charge >= 0.3 is 5.97 Å². The SMILES string of the molecule is O=C(O)[C@@H]1CN(C(=O)c2ccc3c(c2)OCO3)C[C@H]1c1ccc(F)cc1. The number of carbonyl (C=O) groups excluding carboxylic acids is 1. The second-order valence-corrected chi connectivity index (χ2v) is 6.38. The molecule has 0 spiro atoms. The minimum atomic E-state index is -0.972. The lowest BCUT2D eigenvalue weighted by molar-refractivity contribution is -0.141. The van der Waals surface area contributed by atoms with Gasteiger partial charge in [-0.15, -0.1) is 0 Å². The van der Waals surface area contributed by atoms with Gasteiger partial charge in [-0.3, -0.25) is 9.59 Å². The summed E-state index contributed by atoms with van der Waals surface area (Å²) in [5.41, 5.74) is 1.12. The molecule has 2 aliphatic rings. The number of ether oxygens (including phenoxy) is 2. The van der Waals surface area contributed by atoms with Crippen molar-refractivity contribution in [3.05, 3.63) is 59.4 Å². The molecule has 2 heterocycles. The summed E-state index contributed by atoms with van der Waals surface area (Å²) in [5, 5.41) is 9.55. The maximum Gasteiger partial charge on any atom is 0.308 e. The molecule has 0 radical (unpaired) electrons. The predicted octanol–water partition coefficient (Wildman–Crippen LogP) is 2.49. The number of amides is 1. The van der Waals surface area contributed by atoms with Crippen molar-refractivity contribution < 1.29 is 28.6 Å². The lowest BCUT2D eigenvalue weighted by Gasteiger charge is -2.17. The molecule has 2 aromatic rings. The van der Waals surface area contributed by atoms with Crippen molar-refractivity contribution in [2.45, 2.75) is 5.92 Å². The third kappa shape index (κ3) is 2.85. The van der Waals surface area contributed by atoms with Crippen molar-refractivity contribution in [3.63, 3.8) is 0 Å². The summed E-state index contributed by atoms with van der Waals surface area (Å²) in [5.74, 6) is -1.66. The molecule has 0 bridgehead atoms. The highest BCUT2D eigenvalue weighted by atomic mass is 19.1. The van der Waals surface area contributed by atoms with Crippen molar-refractivity contribution in [2.24, 2.45) is 5.92 Å². The normalized spacial score (nSPS) is 21.0. The van der Waals surface area contributed by atoms with Crippen LogP contribution in [-0.2, 0) is 4.79 Å². The van der Waals surface area contributed by atoms with E-state index >= 15 is 0 Å². The van der Waals surface area contributed by atoms with Crippen LogP contribution < -0.4 is 9.47 Å². The fraction of sp³-hybridized carbons (Fsp3) is 0.263. The second kappa shape index (κ2) is 6.33. The lowest BCUT2D eigenvalue weighted by Crippen LogP contribution is -2.29. The largest absolute Gasteiger partial charge is 0.481 e. The Bertz CT molecular complexity index is 867. The summed E-state index contributed by atoms with van der Waals surface area (Å²) in [6, 6.07) is 10.7. The summed E-state index contributed by atoms with van der Waals surface area (Å²) in [6.07, 6.45) is 0. The zero-order chi connectivity index (χ0) is 18.3. The lowest BCUT2D eigenvalue weighted by atomic mass is 9.89. The number of carboxylic acid groups (broad SMARTS) is 1. The number of carbonyl (C=O) groups is 2. The van der Waals surface area contributed by atoms with Gasteiger partial charge in [-0.2, -0.15) is 0 Å². The van der Waals surface area contributed by atoms with Crippen LogP contribution in [-0.4, -0.2) is 41.8 Å². The van der Waals surface area contributed by atoms with Crippen LogP contribution in [0.5, 0.6) is 11.5 Å². The monoisotopic (exact) mass is 357 g/mol. The first kappa shape index (κ1) is 16.4. The molecule has 1 amide bonds. The third-order valence-electron chi connectivity index (χ3n) is 4.84. The summed E-state index contributed by atoms with van der Waals surface area (Å²) < 4.78 is 23.7. The summed E-state index contributed by atoms with van der Waals surface area (Å²) >= 11 is 0. The predicted molar refractivity (Wildman–Crippen MR) is 88.7 cm³/mol. The first-order valence-corrected chi connectivity index (χ1v) is 8.20. The number of nitrogens with zero attached hydrogens (tertiary/aromatic N) is 1. The molecule has 1 fully saturated rings. The first-order chi connectivity index (χ1) is 12.5. The van der Waals surface area contributed by atoms with Gasteiger partial charge in [0.1, 0.15) is 5.82 Å². The molecule has 26 heavy (non-hydrogen) atoms. The average molecular weight is 357 g/mol. The second-order valence-electron chi connectivity index (χ2n) is 6.38. The highest BCUT2D eigenvalue weighted by Crippen LogP contribution is 2.36. The molecule has 2 atom stereocenters. The number of hydrogen-bond acceptors (Lipinski definition) is 4. The summed E-state index contributed by atoms with van der Waals surface area (Å²) in [7, 11) is 0. The Kier molecular flexibility index (Phi) is 3.99. The van der Waals surface area contributed by atoms with Crippen LogP contribution in [0.2, 0.25) is 0 Å². The molecule has 6 nitrogen and oxygen atoms in total. The van der Waals surface area contributed by atoms with Gasteiger partial charge in [-0.1, -0.05) is 12.1 Å². The van der Waals surface area contributed by atoms with E-state index in [9.17, 15) is 19.1 Å². The van der Waals surface area contributed by atoms with Gasteiger partial charge in [0.2, 0.25) is 6.79 Å². The van der Waals surface area contributed by atoms with Crippen LogP contribution in [0.1, 0.15) is 21.8 Å². The Hall–Kier alpha value is -3.09. The van der Waals surface area contributed by atoms with Crippen molar-refractivity contribution in [3.8, 4) is 11.5 Å². The fourth-order valence-corrected chi connectivity index (χ4v) is 3.48. The topological polar surface area (TPSA) is 76.1 Å². The molecule has 2 aliphatic heterocycles. The maximum atomic E-state index is 13.2. The summed E-state index contributed by atoms with van der Waals surface area (Å²) in [6.45, 7) is 0.477. The first-order valence-electron chi connectivity index (χ1n) is 8.20. The van der Waals surface area contributed by atoms with E-state index in [1.54, 1.807) is 30.3 Å². The molecular formula is C19H16FNO5. The van der Waals surface area contributed by atoms with Crippen LogP contribution >= 0.6 is 0 Å². The van der Waals surface area contributed by atoms with Crippen LogP contribution in [0, 0.1) is 11.7 Å². The molecule has 0 aromatic heterocycles. The van der Waals surface area contributed by atoms with Gasteiger partial charge in [-0.25, -0.2) is 4.39 Å². The van der Waals surface area contributed by atoms with Crippen LogP contribution in [0.4, 0.5) is 4.39 Å². The van der Waals surface area contributed by atoms with E-state index in [-0.39, 0.29) is 37.5 Å². The highest BCUT2D eigenvalue weighted by molar-refractivity contribution is 5.95. The van der Waals surface area contributed by atoms with E-state index in [0.717, 1.165) is 0 Å². The summed E-state index contributed by atoms with van der Waals surface area (Å²) in [4.78, 5) is 26.0. The van der Waals surface area contributed by atoms with E-state index in [1.165, 1.54) is 17.0 Å². The quantitative estimate of drug-likeness (QED) is 0.913. The minimum Gasteiger partial charge on any atom is -0.481 e. The number of aliphatic carboxylic acids is 1. The zero-order valence-electron chi connectivity index (χ0n) is 13.7. The van der Waals surface area contributed by atoms with Crippen molar-refractivity contribution in [1.82, 2.24) is 4.90 Å². The van der Waals surface area contributed by atoms with Gasteiger partial charge in [0, 0.05) is 24.6 Å². The molecule has 1 N–H and O–H groups in total. The fourth-order valence-electron chi connectivity index (χ4n) is 3.48. The molecule has 2 aromatic carbocycles. The van der Waals surface area contributed by atoms with Crippen molar-refractivity contribution >= 4 is 11.9 Å². The number of halogens is 1. The van der Waals surface area contributed by atoms with E-state index in [2.05, 4.69) is 0 Å². The third-order valence-corrected chi connectivity index (χ3v) is 4.84. The number of carboxylic acids is 1. The van der Waals surface area contributed by atoms with Crippen LogP contribution in [0.25, 0.3) is 0 Å². The standard InChI is InChI=1S/C19H16FNO5/c20-13-4-1-11(2-5-13)14-8-21(9-15(14)19(23)24)18(22)12-3-6-16-17(7-12)26-10-25-16/h1-7,14-15H,8-10H2,(H,23,24)/t14-,15+/m0/s1. The van der Waals surface area contributed by atoms with E-state index in [4.69, 9.17) is 9.47 Å². The Morgan fingerprint density at radius 1 is 1.04 bits per heavy atom. The Morgan fingerprint density at radius 3 is 2.50 bits per heavy atom. The van der Waals surface area contributed by atoms with Gasteiger partial charge in [-0.05, 0) is 35.9 Å². The van der Waals surface area contributed by atoms with Crippen molar-refractivity contribution in [2.75, 3.05) is 19.9 Å². The van der Waals surface area contributed by atoms with E-state index < -0.39 is 11.9 Å². The minimum absolute atomic E-state index is 0.102. The molecule has 7 heteroatoms. The van der Waals surface area contributed by atoms with Gasteiger partial charge in [0.15, 0.2) is 11.5 Å². The Labute approximate surface area is 148 Å². The number of hydrogen-bond donors (Lipinski definition) is 1. The van der Waals surface area contributed by atoms with E-state index in [1.807, 2.05) is 0 Å².